The van der Waals surface area contributed by atoms with E-state index in [0.29, 0.717) is 16.6 Å². The van der Waals surface area contributed by atoms with Gasteiger partial charge in [-0.3, -0.25) is 4.90 Å². The number of ether oxygens (including phenoxy) is 1. The van der Waals surface area contributed by atoms with Crippen molar-refractivity contribution in [2.45, 2.75) is 39.3 Å². The first-order valence-electron chi connectivity index (χ1n) is 11.2. The van der Waals surface area contributed by atoms with Crippen molar-refractivity contribution in [1.29, 1.82) is 0 Å². The number of halogens is 2. The van der Waals surface area contributed by atoms with Crippen LogP contribution in [0.4, 0.5) is 5.82 Å². The molecule has 3 heterocycles. The standard InChI is InChI=1S/C24H28Cl2N4OS/c1-15-3-5-17-20(11-15)32-24-22(17)23(27-21(28-24)14-30-7-9-31-10-8-30)29(2)13-16-4-6-18(25)19(26)12-16/h4,6,12,15H,3,5,7-11,13-14H2,1-2H3. The van der Waals surface area contributed by atoms with Gasteiger partial charge in [0.1, 0.15) is 16.5 Å². The second-order valence-electron chi connectivity index (χ2n) is 8.99. The Kier molecular flexibility index (Phi) is 6.59. The highest BCUT2D eigenvalue weighted by Crippen LogP contribution is 2.41. The molecule has 3 aromatic rings. The lowest BCUT2D eigenvalue weighted by atomic mass is 9.89. The molecular weight excluding hydrogens is 463 g/mol. The quantitative estimate of drug-likeness (QED) is 0.465. The van der Waals surface area contributed by atoms with Crippen LogP contribution in [0.15, 0.2) is 18.2 Å². The molecule has 2 aromatic heterocycles. The van der Waals surface area contributed by atoms with Gasteiger partial charge < -0.3 is 9.64 Å². The average Bonchev–Trinajstić information content (AvgIpc) is 3.13. The molecule has 0 N–H and O–H groups in total. The molecular formula is C24H28Cl2N4OS. The van der Waals surface area contributed by atoms with Gasteiger partial charge in [-0.1, -0.05) is 36.2 Å². The molecule has 1 aliphatic heterocycles. The van der Waals surface area contributed by atoms with Crippen molar-refractivity contribution >= 4 is 50.6 Å². The summed E-state index contributed by atoms with van der Waals surface area (Å²) in [5.74, 6) is 2.65. The molecule has 0 bridgehead atoms. The zero-order valence-electron chi connectivity index (χ0n) is 18.5. The highest BCUT2D eigenvalue weighted by molar-refractivity contribution is 7.19. The predicted octanol–water partition coefficient (Wildman–Crippen LogP) is 5.59. The summed E-state index contributed by atoms with van der Waals surface area (Å²) in [6, 6.07) is 5.83. The lowest BCUT2D eigenvalue weighted by Crippen LogP contribution is -2.36. The molecule has 32 heavy (non-hydrogen) atoms. The summed E-state index contributed by atoms with van der Waals surface area (Å²) in [6.07, 6.45) is 3.48. The van der Waals surface area contributed by atoms with Gasteiger partial charge in [-0.25, -0.2) is 9.97 Å². The lowest BCUT2D eigenvalue weighted by molar-refractivity contribution is 0.0331. The van der Waals surface area contributed by atoms with Crippen LogP contribution >= 0.6 is 34.5 Å². The van der Waals surface area contributed by atoms with Gasteiger partial charge in [0, 0.05) is 31.6 Å². The Labute approximate surface area is 203 Å². The van der Waals surface area contributed by atoms with Gasteiger partial charge in [-0.05, 0) is 48.4 Å². The van der Waals surface area contributed by atoms with Crippen molar-refractivity contribution in [1.82, 2.24) is 14.9 Å². The molecule has 0 amide bonds. The third kappa shape index (κ3) is 4.62. The molecule has 1 aromatic carbocycles. The molecule has 0 radical (unpaired) electrons. The molecule has 0 spiro atoms. The largest absolute Gasteiger partial charge is 0.379 e. The fraction of sp³-hybridized carbons (Fsp3) is 0.500. The van der Waals surface area contributed by atoms with E-state index in [1.165, 1.54) is 22.2 Å². The molecule has 170 valence electrons. The molecule has 1 saturated heterocycles. The summed E-state index contributed by atoms with van der Waals surface area (Å²) in [5.41, 5.74) is 2.57. The summed E-state index contributed by atoms with van der Waals surface area (Å²) in [5, 5.41) is 2.40. The Bertz CT molecular complexity index is 1130. The van der Waals surface area contributed by atoms with Crippen molar-refractivity contribution in [3.63, 3.8) is 0 Å². The van der Waals surface area contributed by atoms with Gasteiger partial charge >= 0.3 is 0 Å². The van der Waals surface area contributed by atoms with Crippen molar-refractivity contribution in [3.05, 3.63) is 50.1 Å². The summed E-state index contributed by atoms with van der Waals surface area (Å²) in [6.45, 7) is 7.21. The zero-order valence-corrected chi connectivity index (χ0v) is 20.9. The van der Waals surface area contributed by atoms with E-state index in [9.17, 15) is 0 Å². The number of nitrogens with zero attached hydrogens (tertiary/aromatic N) is 4. The Balaban J connectivity index is 1.53. The number of thiophene rings is 1. The van der Waals surface area contributed by atoms with E-state index in [1.807, 2.05) is 29.5 Å². The number of anilines is 1. The van der Waals surface area contributed by atoms with Gasteiger partial charge in [0.05, 0.1) is 35.2 Å². The fourth-order valence-electron chi connectivity index (χ4n) is 4.66. The molecule has 1 fully saturated rings. The molecule has 8 heteroatoms. The average molecular weight is 491 g/mol. The summed E-state index contributed by atoms with van der Waals surface area (Å²) < 4.78 is 5.51. The van der Waals surface area contributed by atoms with Crippen LogP contribution in [0.3, 0.4) is 0 Å². The van der Waals surface area contributed by atoms with Crippen LogP contribution in [-0.4, -0.2) is 48.2 Å². The van der Waals surface area contributed by atoms with Crippen molar-refractivity contribution in [3.8, 4) is 0 Å². The summed E-state index contributed by atoms with van der Waals surface area (Å²) in [4.78, 5) is 17.4. The number of hydrogen-bond donors (Lipinski definition) is 0. The monoisotopic (exact) mass is 490 g/mol. The van der Waals surface area contributed by atoms with E-state index in [-0.39, 0.29) is 0 Å². The molecule has 2 aliphatic rings. The van der Waals surface area contributed by atoms with Crippen LogP contribution in [0.5, 0.6) is 0 Å². The van der Waals surface area contributed by atoms with E-state index in [4.69, 9.17) is 37.9 Å². The Morgan fingerprint density at radius 1 is 1.19 bits per heavy atom. The minimum atomic E-state index is 0.580. The van der Waals surface area contributed by atoms with Crippen molar-refractivity contribution in [2.24, 2.45) is 5.92 Å². The number of morpholine rings is 1. The number of fused-ring (bicyclic) bond motifs is 3. The van der Waals surface area contributed by atoms with E-state index in [2.05, 4.69) is 23.8 Å². The van der Waals surface area contributed by atoms with E-state index in [0.717, 1.165) is 73.6 Å². The number of aromatic nitrogens is 2. The smallest absolute Gasteiger partial charge is 0.146 e. The normalized spacial score (nSPS) is 19.3. The Morgan fingerprint density at radius 3 is 2.78 bits per heavy atom. The number of benzene rings is 1. The number of aryl methyl sites for hydroxylation is 1. The maximum absolute atomic E-state index is 6.27. The third-order valence-corrected chi connectivity index (χ3v) is 8.30. The molecule has 5 rings (SSSR count). The van der Waals surface area contributed by atoms with Crippen LogP contribution in [0.2, 0.25) is 10.0 Å². The molecule has 5 nitrogen and oxygen atoms in total. The van der Waals surface area contributed by atoms with Gasteiger partial charge in [0.25, 0.3) is 0 Å². The van der Waals surface area contributed by atoms with Gasteiger partial charge in [0.2, 0.25) is 0 Å². The first kappa shape index (κ1) is 22.4. The van der Waals surface area contributed by atoms with Crippen LogP contribution in [0.1, 0.15) is 35.2 Å². The molecule has 1 aliphatic carbocycles. The highest BCUT2D eigenvalue weighted by atomic mass is 35.5. The number of rotatable bonds is 5. The third-order valence-electron chi connectivity index (χ3n) is 6.42. The summed E-state index contributed by atoms with van der Waals surface area (Å²) >= 11 is 14.3. The second-order valence-corrected chi connectivity index (χ2v) is 10.9. The highest BCUT2D eigenvalue weighted by Gasteiger charge is 2.26. The maximum atomic E-state index is 6.27. The Morgan fingerprint density at radius 2 is 2.00 bits per heavy atom. The minimum absolute atomic E-state index is 0.580. The molecule has 0 saturated carbocycles. The second kappa shape index (κ2) is 9.43. The van der Waals surface area contributed by atoms with Crippen LogP contribution in [0.25, 0.3) is 10.2 Å². The first-order valence-corrected chi connectivity index (χ1v) is 12.8. The topological polar surface area (TPSA) is 41.5 Å². The van der Waals surface area contributed by atoms with Gasteiger partial charge in [0.15, 0.2) is 0 Å². The lowest BCUT2D eigenvalue weighted by Gasteiger charge is -2.27. The van der Waals surface area contributed by atoms with Gasteiger partial charge in [-0.2, -0.15) is 0 Å². The van der Waals surface area contributed by atoms with Gasteiger partial charge in [-0.15, -0.1) is 11.3 Å². The SMILES string of the molecule is CC1CCc2c(sc3nc(CN4CCOCC4)nc(N(C)Cc4ccc(Cl)c(Cl)c4)c23)C1. The maximum Gasteiger partial charge on any atom is 0.146 e. The summed E-state index contributed by atoms with van der Waals surface area (Å²) in [7, 11) is 2.11. The van der Waals surface area contributed by atoms with Crippen LogP contribution in [0, 0.1) is 5.92 Å². The molecule has 1 unspecified atom stereocenters. The Hall–Kier alpha value is -1.44. The minimum Gasteiger partial charge on any atom is -0.379 e. The van der Waals surface area contributed by atoms with E-state index < -0.39 is 0 Å². The molecule has 1 atom stereocenters. The van der Waals surface area contributed by atoms with Crippen molar-refractivity contribution in [2.75, 3.05) is 38.3 Å². The first-order chi connectivity index (χ1) is 15.5. The fourth-order valence-corrected chi connectivity index (χ4v) is 6.38. The van der Waals surface area contributed by atoms with E-state index >= 15 is 0 Å². The zero-order chi connectivity index (χ0) is 22.2. The predicted molar refractivity (Wildman–Crippen MR) is 133 cm³/mol. The van der Waals surface area contributed by atoms with Crippen molar-refractivity contribution < 1.29 is 4.74 Å². The van der Waals surface area contributed by atoms with E-state index in [1.54, 1.807) is 0 Å². The number of hydrogen-bond acceptors (Lipinski definition) is 6. The van der Waals surface area contributed by atoms with Crippen LogP contribution in [-0.2, 0) is 30.7 Å². The van der Waals surface area contributed by atoms with Crippen LogP contribution < -0.4 is 4.90 Å².